The van der Waals surface area contributed by atoms with E-state index in [2.05, 4.69) is 10.1 Å². The molecule has 128 valence electrons. The van der Waals surface area contributed by atoms with Gasteiger partial charge in [-0.25, -0.2) is 9.67 Å². The van der Waals surface area contributed by atoms with Gasteiger partial charge >= 0.3 is 0 Å². The number of hydrogen-bond donors (Lipinski definition) is 0. The first-order chi connectivity index (χ1) is 11.6. The molecule has 1 fully saturated rings. The molecule has 1 aromatic carbocycles. The zero-order valence-corrected chi connectivity index (χ0v) is 14.5. The van der Waals surface area contributed by atoms with Gasteiger partial charge in [-0.15, -0.1) is 0 Å². The fourth-order valence-corrected chi connectivity index (χ4v) is 3.13. The number of ether oxygens (including phenoxy) is 1. The van der Waals surface area contributed by atoms with E-state index in [0.717, 1.165) is 36.3 Å². The van der Waals surface area contributed by atoms with Crippen LogP contribution in [0.3, 0.4) is 0 Å². The van der Waals surface area contributed by atoms with Crippen LogP contribution in [-0.4, -0.2) is 44.8 Å². The van der Waals surface area contributed by atoms with Crippen LogP contribution in [0.4, 0.5) is 0 Å². The summed E-state index contributed by atoms with van der Waals surface area (Å²) in [5, 5.41) is 4.20. The molecule has 0 unspecified atom stereocenters. The van der Waals surface area contributed by atoms with Gasteiger partial charge in [0.2, 0.25) is 0 Å². The number of carbonyl (C=O) groups is 1. The van der Waals surface area contributed by atoms with Crippen molar-refractivity contribution in [3.05, 3.63) is 42.0 Å². The zero-order valence-electron chi connectivity index (χ0n) is 14.5. The van der Waals surface area contributed by atoms with Gasteiger partial charge in [0.1, 0.15) is 18.4 Å². The third kappa shape index (κ3) is 3.42. The maximum absolute atomic E-state index is 12.8. The predicted molar refractivity (Wildman–Crippen MR) is 90.9 cm³/mol. The van der Waals surface area contributed by atoms with Gasteiger partial charge in [-0.1, -0.05) is 12.1 Å². The fraction of sp³-hybridized carbons (Fsp3) is 0.500. The molecule has 6 nitrogen and oxygen atoms in total. The van der Waals surface area contributed by atoms with Gasteiger partial charge in [0.05, 0.1) is 6.04 Å². The lowest BCUT2D eigenvalue weighted by atomic mass is 10.1. The fourth-order valence-electron chi connectivity index (χ4n) is 3.13. The summed E-state index contributed by atoms with van der Waals surface area (Å²) in [5.74, 6) is 0.807. The topological polar surface area (TPSA) is 60.2 Å². The first-order valence-corrected chi connectivity index (χ1v) is 8.42. The Kier molecular flexibility index (Phi) is 4.83. The van der Waals surface area contributed by atoms with Crippen LogP contribution in [-0.2, 0) is 4.79 Å². The predicted octanol–water partition coefficient (Wildman–Crippen LogP) is 2.53. The summed E-state index contributed by atoms with van der Waals surface area (Å²) in [6.45, 7) is 7.31. The Morgan fingerprint density at radius 1 is 1.38 bits per heavy atom. The minimum absolute atomic E-state index is 0.0284. The monoisotopic (exact) mass is 328 g/mol. The van der Waals surface area contributed by atoms with Crippen LogP contribution in [0.15, 0.2) is 30.9 Å². The molecule has 2 heterocycles. The lowest BCUT2D eigenvalue weighted by Gasteiger charge is -2.34. The first-order valence-electron chi connectivity index (χ1n) is 8.42. The summed E-state index contributed by atoms with van der Waals surface area (Å²) >= 11 is 0. The molecule has 3 rings (SSSR count). The smallest absolute Gasteiger partial charge is 0.263 e. The molecule has 1 saturated heterocycles. The summed E-state index contributed by atoms with van der Waals surface area (Å²) in [7, 11) is 0. The molecule has 0 spiro atoms. The van der Waals surface area contributed by atoms with Crippen LogP contribution in [0.1, 0.15) is 36.9 Å². The standard InChI is InChI=1S/C18H24N4O2/c1-13-6-4-8-17(14(13)2)24-15(3)18(23)21-9-5-7-16(10-21)22-12-19-11-20-22/h4,6,8,11-12,15-16H,5,7,9-10H2,1-3H3/t15-,16-/m1/s1. The average Bonchev–Trinajstić information content (AvgIpc) is 3.13. The molecule has 0 N–H and O–H groups in total. The van der Waals surface area contributed by atoms with Crippen LogP contribution in [0.2, 0.25) is 0 Å². The molecular weight excluding hydrogens is 304 g/mol. The number of hydrogen-bond acceptors (Lipinski definition) is 4. The van der Waals surface area contributed by atoms with E-state index in [4.69, 9.17) is 4.74 Å². The summed E-state index contributed by atoms with van der Waals surface area (Å²) in [5.41, 5.74) is 2.24. The second-order valence-corrected chi connectivity index (χ2v) is 6.41. The van der Waals surface area contributed by atoms with Gasteiger partial charge in [-0.2, -0.15) is 5.10 Å². The number of rotatable bonds is 4. The second-order valence-electron chi connectivity index (χ2n) is 6.41. The summed E-state index contributed by atoms with van der Waals surface area (Å²) < 4.78 is 7.78. The molecule has 1 aliphatic heterocycles. The van der Waals surface area contributed by atoms with Crippen molar-refractivity contribution in [1.82, 2.24) is 19.7 Å². The molecule has 2 atom stereocenters. The maximum atomic E-state index is 12.8. The van der Waals surface area contributed by atoms with Gasteiger partial charge in [0.25, 0.3) is 5.91 Å². The minimum atomic E-state index is -0.500. The number of aromatic nitrogens is 3. The Morgan fingerprint density at radius 3 is 2.96 bits per heavy atom. The van der Waals surface area contributed by atoms with Gasteiger partial charge in [-0.05, 0) is 50.8 Å². The highest BCUT2D eigenvalue weighted by atomic mass is 16.5. The number of aryl methyl sites for hydroxylation is 1. The number of piperidine rings is 1. The van der Waals surface area contributed by atoms with E-state index in [1.165, 1.54) is 6.33 Å². The molecule has 1 amide bonds. The zero-order chi connectivity index (χ0) is 17.1. The van der Waals surface area contributed by atoms with Crippen LogP contribution in [0, 0.1) is 13.8 Å². The van der Waals surface area contributed by atoms with Crippen LogP contribution >= 0.6 is 0 Å². The molecule has 0 aliphatic carbocycles. The molecule has 2 aromatic rings. The molecular formula is C18H24N4O2. The largest absolute Gasteiger partial charge is 0.481 e. The maximum Gasteiger partial charge on any atom is 0.263 e. The summed E-state index contributed by atoms with van der Waals surface area (Å²) in [6, 6.07) is 6.11. The van der Waals surface area contributed by atoms with E-state index in [1.807, 2.05) is 48.6 Å². The lowest BCUT2D eigenvalue weighted by molar-refractivity contribution is -0.139. The van der Waals surface area contributed by atoms with Crippen molar-refractivity contribution in [2.24, 2.45) is 0 Å². The Balaban J connectivity index is 1.65. The Bertz CT molecular complexity index is 699. The Hall–Kier alpha value is -2.37. The normalized spacial score (nSPS) is 19.1. The molecule has 0 saturated carbocycles. The third-order valence-electron chi connectivity index (χ3n) is 4.73. The Morgan fingerprint density at radius 2 is 2.21 bits per heavy atom. The van der Waals surface area contributed by atoms with Crippen molar-refractivity contribution in [3.8, 4) is 5.75 Å². The molecule has 1 aromatic heterocycles. The highest BCUT2D eigenvalue weighted by molar-refractivity contribution is 5.81. The van der Waals surface area contributed by atoms with E-state index in [-0.39, 0.29) is 11.9 Å². The second kappa shape index (κ2) is 7.03. The SMILES string of the molecule is Cc1cccc(O[C@H](C)C(=O)N2CCC[C@@H](n3cncn3)C2)c1C. The molecule has 0 radical (unpaired) electrons. The average molecular weight is 328 g/mol. The third-order valence-corrected chi connectivity index (χ3v) is 4.73. The van der Waals surface area contributed by atoms with Crippen LogP contribution in [0.5, 0.6) is 5.75 Å². The van der Waals surface area contributed by atoms with Crippen molar-refractivity contribution in [1.29, 1.82) is 0 Å². The number of benzene rings is 1. The van der Waals surface area contributed by atoms with Gasteiger partial charge in [0, 0.05) is 13.1 Å². The van der Waals surface area contributed by atoms with E-state index in [1.54, 1.807) is 6.33 Å². The Labute approximate surface area is 142 Å². The quantitative estimate of drug-likeness (QED) is 0.865. The molecule has 6 heteroatoms. The van der Waals surface area contributed by atoms with Gasteiger partial charge < -0.3 is 9.64 Å². The lowest BCUT2D eigenvalue weighted by Crippen LogP contribution is -2.46. The number of likely N-dealkylation sites (tertiary alicyclic amines) is 1. The van der Waals surface area contributed by atoms with Crippen molar-refractivity contribution < 1.29 is 9.53 Å². The summed E-state index contributed by atoms with van der Waals surface area (Å²) in [6.07, 6.45) is 4.73. The highest BCUT2D eigenvalue weighted by Gasteiger charge is 2.29. The van der Waals surface area contributed by atoms with Gasteiger partial charge in [0.15, 0.2) is 6.10 Å². The molecule has 0 bridgehead atoms. The number of amides is 1. The molecule has 24 heavy (non-hydrogen) atoms. The molecule has 1 aliphatic rings. The van der Waals surface area contributed by atoms with Crippen LogP contribution < -0.4 is 4.74 Å². The van der Waals surface area contributed by atoms with Crippen molar-refractivity contribution in [3.63, 3.8) is 0 Å². The van der Waals surface area contributed by atoms with Crippen molar-refractivity contribution in [2.45, 2.75) is 45.8 Å². The summed E-state index contributed by atoms with van der Waals surface area (Å²) in [4.78, 5) is 18.6. The first kappa shape index (κ1) is 16.5. The van der Waals surface area contributed by atoms with E-state index in [9.17, 15) is 4.79 Å². The van der Waals surface area contributed by atoms with E-state index >= 15 is 0 Å². The van der Waals surface area contributed by atoms with Gasteiger partial charge in [-0.3, -0.25) is 4.79 Å². The van der Waals surface area contributed by atoms with Crippen molar-refractivity contribution in [2.75, 3.05) is 13.1 Å². The number of carbonyl (C=O) groups excluding carboxylic acids is 1. The van der Waals surface area contributed by atoms with Crippen LogP contribution in [0.25, 0.3) is 0 Å². The highest BCUT2D eigenvalue weighted by Crippen LogP contribution is 2.24. The number of nitrogens with zero attached hydrogens (tertiary/aromatic N) is 4. The minimum Gasteiger partial charge on any atom is -0.481 e. The van der Waals surface area contributed by atoms with E-state index < -0.39 is 6.10 Å². The van der Waals surface area contributed by atoms with E-state index in [0.29, 0.717) is 6.54 Å². The van der Waals surface area contributed by atoms with Crippen molar-refractivity contribution >= 4 is 5.91 Å².